The smallest absolute Gasteiger partial charge is 0.262 e. The van der Waals surface area contributed by atoms with E-state index in [1.807, 2.05) is 0 Å². The molecule has 1 fully saturated rings. The van der Waals surface area contributed by atoms with Crippen LogP contribution in [0.15, 0.2) is 18.2 Å². The highest BCUT2D eigenvalue weighted by atomic mass is 16.6. The summed E-state index contributed by atoms with van der Waals surface area (Å²) in [6.07, 6.45) is 0.171. The standard InChI is InChI=1S/C27H39N3O11/c28-5-6-35-7-8-36-9-10-37-11-12-38-13-14-39-15-16-40-17-18-41-20-1-2-21-22(19-20)27(34)30(26(21)33)23-3-4-24(31)29-25(23)32/h1-2,19,23H,3-18,28H2,(H,29,31,32). The molecule has 2 aliphatic rings. The molecule has 2 aliphatic heterocycles. The van der Waals surface area contributed by atoms with Gasteiger partial charge in [0.15, 0.2) is 0 Å². The minimum atomic E-state index is -1.01. The number of piperidine rings is 1. The van der Waals surface area contributed by atoms with E-state index in [-0.39, 0.29) is 30.6 Å². The van der Waals surface area contributed by atoms with Gasteiger partial charge in [-0.2, -0.15) is 0 Å². The fraction of sp³-hybridized carbons (Fsp3) is 0.630. The van der Waals surface area contributed by atoms with Crippen molar-refractivity contribution >= 4 is 23.6 Å². The molecule has 0 aromatic heterocycles. The Morgan fingerprint density at radius 2 is 1.17 bits per heavy atom. The number of nitrogens with zero attached hydrogens (tertiary/aromatic N) is 1. The third-order valence-corrected chi connectivity index (χ3v) is 6.03. The van der Waals surface area contributed by atoms with Gasteiger partial charge in [0.2, 0.25) is 11.8 Å². The van der Waals surface area contributed by atoms with Crippen LogP contribution >= 0.6 is 0 Å². The highest BCUT2D eigenvalue weighted by Crippen LogP contribution is 2.30. The van der Waals surface area contributed by atoms with Crippen molar-refractivity contribution in [1.82, 2.24) is 10.2 Å². The van der Waals surface area contributed by atoms with Gasteiger partial charge in [0, 0.05) is 13.0 Å². The van der Waals surface area contributed by atoms with Crippen molar-refractivity contribution < 1.29 is 52.3 Å². The van der Waals surface area contributed by atoms with Crippen LogP contribution in [0, 0.1) is 0 Å². The SMILES string of the molecule is NCCOCCOCCOCCOCCOCCOCCOc1ccc2c(c1)C(=O)N(C1CCC(=O)NC1=O)C2=O. The van der Waals surface area contributed by atoms with E-state index in [0.717, 1.165) is 4.90 Å². The molecule has 0 saturated carbocycles. The van der Waals surface area contributed by atoms with Crippen molar-refractivity contribution in [2.45, 2.75) is 18.9 Å². The van der Waals surface area contributed by atoms with Crippen LogP contribution in [0.25, 0.3) is 0 Å². The molecule has 2 heterocycles. The Labute approximate surface area is 238 Å². The number of amides is 4. The fourth-order valence-electron chi connectivity index (χ4n) is 4.04. The van der Waals surface area contributed by atoms with Gasteiger partial charge >= 0.3 is 0 Å². The molecule has 14 nitrogen and oxygen atoms in total. The van der Waals surface area contributed by atoms with E-state index in [1.54, 1.807) is 6.07 Å². The molecule has 41 heavy (non-hydrogen) atoms. The number of rotatable bonds is 22. The molecule has 1 unspecified atom stereocenters. The molecule has 0 aliphatic carbocycles. The molecule has 1 aromatic carbocycles. The van der Waals surface area contributed by atoms with E-state index >= 15 is 0 Å². The average molecular weight is 582 g/mol. The molecule has 0 radical (unpaired) electrons. The van der Waals surface area contributed by atoms with Gasteiger partial charge in [0.1, 0.15) is 18.4 Å². The van der Waals surface area contributed by atoms with Crippen LogP contribution in [0.2, 0.25) is 0 Å². The van der Waals surface area contributed by atoms with Gasteiger partial charge in [-0.3, -0.25) is 29.4 Å². The van der Waals surface area contributed by atoms with E-state index in [2.05, 4.69) is 5.32 Å². The number of hydrogen-bond donors (Lipinski definition) is 2. The van der Waals surface area contributed by atoms with Crippen molar-refractivity contribution in [3.05, 3.63) is 29.3 Å². The Morgan fingerprint density at radius 1 is 0.683 bits per heavy atom. The third-order valence-electron chi connectivity index (χ3n) is 6.03. The number of nitrogens with two attached hydrogens (primary N) is 1. The van der Waals surface area contributed by atoms with Crippen molar-refractivity contribution in [2.24, 2.45) is 5.73 Å². The summed E-state index contributed by atoms with van der Waals surface area (Å²) >= 11 is 0. The zero-order valence-corrected chi connectivity index (χ0v) is 23.1. The van der Waals surface area contributed by atoms with Crippen molar-refractivity contribution in [3.63, 3.8) is 0 Å². The maximum Gasteiger partial charge on any atom is 0.262 e. The second kappa shape index (κ2) is 18.5. The highest BCUT2D eigenvalue weighted by Gasteiger charge is 2.44. The van der Waals surface area contributed by atoms with Crippen LogP contribution in [0.3, 0.4) is 0 Å². The summed E-state index contributed by atoms with van der Waals surface area (Å²) in [5.74, 6) is -1.81. The maximum atomic E-state index is 12.9. The monoisotopic (exact) mass is 581 g/mol. The molecule has 1 aromatic rings. The lowest BCUT2D eigenvalue weighted by Gasteiger charge is -2.27. The van der Waals surface area contributed by atoms with Gasteiger partial charge in [-0.05, 0) is 24.6 Å². The summed E-state index contributed by atoms with van der Waals surface area (Å²) in [5, 5.41) is 2.17. The lowest BCUT2D eigenvalue weighted by molar-refractivity contribution is -0.136. The molecule has 1 atom stereocenters. The van der Waals surface area contributed by atoms with Gasteiger partial charge in [-0.25, -0.2) is 0 Å². The molecular formula is C27H39N3O11. The Balaban J connectivity index is 1.17. The first-order chi connectivity index (χ1) is 20.0. The van der Waals surface area contributed by atoms with Gasteiger partial charge in [-0.15, -0.1) is 0 Å². The number of ether oxygens (including phenoxy) is 7. The Hall–Kier alpha value is -2.98. The van der Waals surface area contributed by atoms with Gasteiger partial charge in [0.05, 0.1) is 90.4 Å². The quantitative estimate of drug-likeness (QED) is 0.133. The number of nitrogens with one attached hydrogen (secondary N) is 1. The van der Waals surface area contributed by atoms with E-state index < -0.39 is 29.7 Å². The predicted molar refractivity (Wildman–Crippen MR) is 143 cm³/mol. The number of imide groups is 2. The molecule has 3 N–H and O–H groups in total. The van der Waals surface area contributed by atoms with E-state index in [0.29, 0.717) is 91.6 Å². The zero-order valence-electron chi connectivity index (χ0n) is 23.1. The van der Waals surface area contributed by atoms with Gasteiger partial charge in [0.25, 0.3) is 11.8 Å². The van der Waals surface area contributed by atoms with E-state index in [1.165, 1.54) is 12.1 Å². The van der Waals surface area contributed by atoms with Crippen LogP contribution in [-0.4, -0.2) is 127 Å². The van der Waals surface area contributed by atoms with Crippen molar-refractivity contribution in [2.75, 3.05) is 92.4 Å². The summed E-state index contributed by atoms with van der Waals surface area (Å²) in [7, 11) is 0. The lowest BCUT2D eigenvalue weighted by Crippen LogP contribution is -2.54. The number of fused-ring (bicyclic) bond motifs is 1. The first-order valence-corrected chi connectivity index (χ1v) is 13.7. The summed E-state index contributed by atoms with van der Waals surface area (Å²) < 4.78 is 38.0. The first kappa shape index (κ1) is 32.5. The topological polar surface area (TPSA) is 174 Å². The predicted octanol–water partition coefficient (Wildman–Crippen LogP) is -0.475. The summed E-state index contributed by atoms with van der Waals surface area (Å²) in [6.45, 7) is 6.20. The second-order valence-corrected chi connectivity index (χ2v) is 8.97. The molecule has 4 amide bonds. The Kier molecular flexibility index (Phi) is 14.6. The summed E-state index contributed by atoms with van der Waals surface area (Å²) in [4.78, 5) is 50.1. The second-order valence-electron chi connectivity index (χ2n) is 8.97. The molecule has 228 valence electrons. The lowest BCUT2D eigenvalue weighted by atomic mass is 10.0. The Bertz CT molecular complexity index is 1010. The molecular weight excluding hydrogens is 542 g/mol. The molecule has 1 saturated heterocycles. The number of hydrogen-bond acceptors (Lipinski definition) is 12. The van der Waals surface area contributed by atoms with Crippen LogP contribution < -0.4 is 15.8 Å². The largest absolute Gasteiger partial charge is 0.491 e. The zero-order chi connectivity index (χ0) is 29.3. The number of carbonyl (C=O) groups is 4. The number of carbonyl (C=O) groups excluding carboxylic acids is 4. The average Bonchev–Trinajstić information content (AvgIpc) is 3.21. The summed E-state index contributed by atoms with van der Waals surface area (Å²) in [5.41, 5.74) is 5.68. The fourth-order valence-corrected chi connectivity index (χ4v) is 4.04. The van der Waals surface area contributed by atoms with Crippen LogP contribution in [0.1, 0.15) is 33.6 Å². The van der Waals surface area contributed by atoms with Gasteiger partial charge in [-0.1, -0.05) is 0 Å². The van der Waals surface area contributed by atoms with Crippen molar-refractivity contribution in [3.8, 4) is 5.75 Å². The van der Waals surface area contributed by atoms with Crippen LogP contribution in [0.5, 0.6) is 5.75 Å². The third kappa shape index (κ3) is 10.7. The highest BCUT2D eigenvalue weighted by molar-refractivity contribution is 6.23. The Morgan fingerprint density at radius 3 is 1.68 bits per heavy atom. The molecule has 14 heteroatoms. The minimum absolute atomic E-state index is 0.0668. The molecule has 0 spiro atoms. The number of benzene rings is 1. The summed E-state index contributed by atoms with van der Waals surface area (Å²) in [6, 6.07) is 3.55. The maximum absolute atomic E-state index is 12.9. The van der Waals surface area contributed by atoms with Gasteiger partial charge < -0.3 is 38.9 Å². The normalized spacial score (nSPS) is 16.8. The van der Waals surface area contributed by atoms with E-state index in [4.69, 9.17) is 38.9 Å². The first-order valence-electron chi connectivity index (χ1n) is 13.7. The van der Waals surface area contributed by atoms with Crippen LogP contribution in [-0.2, 0) is 38.0 Å². The minimum Gasteiger partial charge on any atom is -0.491 e. The molecule has 0 bridgehead atoms. The van der Waals surface area contributed by atoms with Crippen molar-refractivity contribution in [1.29, 1.82) is 0 Å². The van der Waals surface area contributed by atoms with E-state index in [9.17, 15) is 19.2 Å². The van der Waals surface area contributed by atoms with Crippen LogP contribution in [0.4, 0.5) is 0 Å². The molecule has 3 rings (SSSR count).